The van der Waals surface area contributed by atoms with Crippen LogP contribution < -0.4 is 15.5 Å². The number of rotatable bonds is 14. The number of aryl methyl sites for hydroxylation is 1. The van der Waals surface area contributed by atoms with Gasteiger partial charge in [0.05, 0.1) is 54.0 Å². The number of nitrogens with one attached hydrogen (secondary N) is 2. The molecule has 1 amide bonds. The van der Waals surface area contributed by atoms with Gasteiger partial charge in [-0.1, -0.05) is 19.1 Å². The van der Waals surface area contributed by atoms with Crippen molar-refractivity contribution in [2.75, 3.05) is 49.5 Å². The lowest BCUT2D eigenvalue weighted by molar-refractivity contribution is -0.0983. The van der Waals surface area contributed by atoms with Gasteiger partial charge < -0.3 is 30.4 Å². The molecule has 2 saturated heterocycles. The first-order chi connectivity index (χ1) is 31.0. The van der Waals surface area contributed by atoms with Crippen LogP contribution in [0.3, 0.4) is 0 Å². The number of nitrogens with zero attached hydrogens (tertiary/aromatic N) is 11. The van der Waals surface area contributed by atoms with Crippen LogP contribution in [0.1, 0.15) is 111 Å². The van der Waals surface area contributed by atoms with E-state index in [4.69, 9.17) is 10.2 Å². The predicted octanol–water partition coefficient (Wildman–Crippen LogP) is 5.48. The lowest BCUT2D eigenvalue weighted by atomic mass is 9.60. The minimum absolute atomic E-state index is 0.0156. The molecule has 340 valence electrons. The Kier molecular flexibility index (Phi) is 11.5. The molecule has 4 fully saturated rings. The Morgan fingerprint density at radius 2 is 1.80 bits per heavy atom. The minimum Gasteiger partial charge on any atom is -0.395 e. The Hall–Kier alpha value is -5.34. The zero-order valence-electron chi connectivity index (χ0n) is 36.3. The zero-order chi connectivity index (χ0) is 44.3. The molecule has 10 rings (SSSR count). The fraction of sp³-hybridized carbons (Fsp3) is 0.556. The number of anilines is 2. The fourth-order valence-corrected chi connectivity index (χ4v) is 11.0. The highest BCUT2D eigenvalue weighted by atomic mass is 19.3. The Bertz CT molecular complexity index is 2610. The van der Waals surface area contributed by atoms with E-state index in [1.165, 1.54) is 10.7 Å². The van der Waals surface area contributed by atoms with Crippen LogP contribution in [0.5, 0.6) is 0 Å². The molecule has 17 nitrogen and oxygen atoms in total. The summed E-state index contributed by atoms with van der Waals surface area (Å²) in [6.07, 6.45) is 12.1. The van der Waals surface area contributed by atoms with Crippen LogP contribution in [-0.2, 0) is 0 Å². The molecule has 2 aliphatic heterocycles. The smallest absolute Gasteiger partial charge is 0.284 e. The molecule has 3 atom stereocenters. The third kappa shape index (κ3) is 7.94. The van der Waals surface area contributed by atoms with Gasteiger partial charge in [0.25, 0.3) is 12.3 Å². The quantitative estimate of drug-likeness (QED) is 0.0928. The molecule has 2 saturated carbocycles. The lowest BCUT2D eigenvalue weighted by Crippen LogP contribution is -2.63. The molecule has 7 heterocycles. The summed E-state index contributed by atoms with van der Waals surface area (Å²) >= 11 is 0. The predicted molar refractivity (Wildman–Crippen MR) is 235 cm³/mol. The van der Waals surface area contributed by atoms with Crippen molar-refractivity contribution in [3.63, 3.8) is 0 Å². The van der Waals surface area contributed by atoms with Crippen molar-refractivity contribution in [3.8, 4) is 11.1 Å². The average Bonchev–Trinajstić information content (AvgIpc) is 4.07. The normalized spacial score (nSPS) is 23.8. The molecule has 5 N–H and O–H groups in total. The SMILES string of the molecule is CCCN(CCO)c1ccn2ncc(C(=O)Nc3cn(C4CCC(CN5CC6(CC(n7cc(-c8cccc9c8c(C)nn9[C@@H]8CC[C@@H](O)N[C@@H]8O)cn7)C6)C5)CC4)nc3C(F)F)c2n1. The van der Waals surface area contributed by atoms with E-state index in [-0.39, 0.29) is 29.9 Å². The second kappa shape index (κ2) is 17.2. The van der Waals surface area contributed by atoms with E-state index in [2.05, 4.69) is 47.7 Å². The molecular weight excluding hydrogens is 825 g/mol. The Balaban J connectivity index is 0.718. The van der Waals surface area contributed by atoms with E-state index in [9.17, 15) is 28.9 Å². The van der Waals surface area contributed by atoms with Crippen LogP contribution in [0, 0.1) is 18.3 Å². The van der Waals surface area contributed by atoms with Crippen molar-refractivity contribution in [2.45, 2.75) is 109 Å². The van der Waals surface area contributed by atoms with E-state index >= 15 is 0 Å². The molecule has 1 aromatic carbocycles. The van der Waals surface area contributed by atoms with Gasteiger partial charge in [-0.15, -0.1) is 0 Å². The molecule has 1 spiro atoms. The number of fused-ring (bicyclic) bond motifs is 2. The van der Waals surface area contributed by atoms with Crippen LogP contribution in [0.4, 0.5) is 20.3 Å². The number of carbonyl (C=O) groups is 1. The molecule has 0 unspecified atom stereocenters. The summed E-state index contributed by atoms with van der Waals surface area (Å²) in [5, 5.41) is 55.0. The van der Waals surface area contributed by atoms with Crippen molar-refractivity contribution in [1.82, 2.24) is 54.2 Å². The van der Waals surface area contributed by atoms with Crippen LogP contribution in [0.15, 0.2) is 55.2 Å². The first-order valence-corrected chi connectivity index (χ1v) is 22.8. The van der Waals surface area contributed by atoms with E-state index < -0.39 is 30.5 Å². The van der Waals surface area contributed by atoms with Gasteiger partial charge in [-0.05, 0) is 93.7 Å². The fourth-order valence-electron chi connectivity index (χ4n) is 11.0. The summed E-state index contributed by atoms with van der Waals surface area (Å²) in [6.45, 7) is 8.23. The minimum atomic E-state index is -2.86. The number of amides is 1. The molecule has 6 aromatic rings. The number of aliphatic hydroxyl groups is 3. The van der Waals surface area contributed by atoms with E-state index in [0.29, 0.717) is 54.8 Å². The van der Waals surface area contributed by atoms with Crippen LogP contribution >= 0.6 is 0 Å². The van der Waals surface area contributed by atoms with Crippen LogP contribution in [0.2, 0.25) is 0 Å². The van der Waals surface area contributed by atoms with Gasteiger partial charge in [-0.2, -0.15) is 20.4 Å². The molecule has 5 aromatic heterocycles. The molecule has 0 bridgehead atoms. The zero-order valence-corrected chi connectivity index (χ0v) is 36.3. The molecular formula is C45H57F2N13O4. The number of aromatic nitrogens is 9. The van der Waals surface area contributed by atoms with Crippen molar-refractivity contribution >= 4 is 34.0 Å². The molecule has 0 radical (unpaired) electrons. The molecule has 2 aliphatic carbocycles. The Morgan fingerprint density at radius 1 is 0.984 bits per heavy atom. The van der Waals surface area contributed by atoms with Crippen molar-refractivity contribution < 1.29 is 28.9 Å². The van der Waals surface area contributed by atoms with Crippen LogP contribution in [-0.4, -0.2) is 122 Å². The average molecular weight is 882 g/mol. The highest BCUT2D eigenvalue weighted by molar-refractivity contribution is 6.08. The largest absolute Gasteiger partial charge is 0.395 e. The number of benzene rings is 1. The third-order valence-electron chi connectivity index (χ3n) is 14.1. The van der Waals surface area contributed by atoms with E-state index in [1.54, 1.807) is 23.1 Å². The summed E-state index contributed by atoms with van der Waals surface area (Å²) in [6, 6.07) is 7.99. The summed E-state index contributed by atoms with van der Waals surface area (Å²) in [4.78, 5) is 22.7. The second-order valence-corrected chi connectivity index (χ2v) is 18.6. The summed E-state index contributed by atoms with van der Waals surface area (Å²) in [5.74, 6) is 0.521. The Morgan fingerprint density at radius 3 is 2.55 bits per heavy atom. The maximum absolute atomic E-state index is 14.3. The number of hydrogen-bond donors (Lipinski definition) is 5. The number of halogens is 2. The first kappa shape index (κ1) is 42.6. The monoisotopic (exact) mass is 881 g/mol. The van der Waals surface area contributed by atoms with Gasteiger partial charge in [-0.25, -0.2) is 18.3 Å². The van der Waals surface area contributed by atoms with Gasteiger partial charge in [-0.3, -0.25) is 24.2 Å². The maximum atomic E-state index is 14.3. The van der Waals surface area contributed by atoms with Crippen molar-refractivity contribution in [1.29, 1.82) is 0 Å². The molecule has 19 heteroatoms. The molecule has 64 heavy (non-hydrogen) atoms. The van der Waals surface area contributed by atoms with Gasteiger partial charge in [0.2, 0.25) is 0 Å². The highest BCUT2D eigenvalue weighted by Crippen LogP contribution is 2.54. The van der Waals surface area contributed by atoms with Gasteiger partial charge in [0, 0.05) is 62.3 Å². The number of likely N-dealkylation sites (tertiary alicyclic amines) is 1. The first-order valence-electron chi connectivity index (χ1n) is 22.8. The summed E-state index contributed by atoms with van der Waals surface area (Å²) in [7, 11) is 0. The standard InChI is InChI=1S/C45H57F2N13O4/c1-3-14-56(16-17-61)37-13-15-57-42(51-37)33(21-49-57)43(63)50-34-24-59(54-40(34)41(46)47)30-9-7-28(8-10-30)22-55-25-45(26-55)18-31(19-45)58-23-29(20-48-58)32-5-4-6-35-39(32)27(2)53-60(35)36-11-12-38(62)52-44(36)64/h4-6,13,15,20-21,23-24,28,30-31,36,38,41,44,52,61-62,64H,3,7-12,14,16-19,22,25-26H2,1-2H3,(H,50,63)/t28?,30?,36-,38-,44-/m1/s1. The van der Waals surface area contributed by atoms with E-state index in [0.717, 1.165) is 92.3 Å². The highest BCUT2D eigenvalue weighted by Gasteiger charge is 2.53. The summed E-state index contributed by atoms with van der Waals surface area (Å²) in [5.41, 5.74) is 4.26. The third-order valence-corrected chi connectivity index (χ3v) is 14.1. The number of alkyl halides is 2. The number of aliphatic hydroxyl groups excluding tert-OH is 3. The molecule has 4 aliphatic rings. The van der Waals surface area contributed by atoms with Gasteiger partial charge >= 0.3 is 0 Å². The second-order valence-electron chi connectivity index (χ2n) is 18.6. The van der Waals surface area contributed by atoms with Gasteiger partial charge in [0.1, 0.15) is 23.8 Å². The van der Waals surface area contributed by atoms with Crippen molar-refractivity contribution in [3.05, 3.63) is 72.2 Å². The van der Waals surface area contributed by atoms with Crippen LogP contribution in [0.25, 0.3) is 27.7 Å². The lowest BCUT2D eigenvalue weighted by Gasteiger charge is -2.59. The van der Waals surface area contributed by atoms with E-state index in [1.807, 2.05) is 41.8 Å². The Labute approximate surface area is 369 Å². The van der Waals surface area contributed by atoms with Crippen molar-refractivity contribution in [2.24, 2.45) is 11.3 Å². The summed E-state index contributed by atoms with van der Waals surface area (Å²) < 4.78 is 35.7. The van der Waals surface area contributed by atoms with Gasteiger partial charge in [0.15, 0.2) is 11.3 Å². The number of piperidine rings is 1. The number of hydrogen-bond acceptors (Lipinski definition) is 12. The maximum Gasteiger partial charge on any atom is 0.284 e. The number of carbonyl (C=O) groups excluding carboxylic acids is 1. The topological polar surface area (TPSA) is 192 Å².